The fraction of sp³-hybridized carbons (Fsp3) is 0.350. The van der Waals surface area contributed by atoms with Crippen molar-refractivity contribution in [1.82, 2.24) is 14.5 Å². The second kappa shape index (κ2) is 8.33. The number of aryl methyl sites for hydroxylation is 2. The van der Waals surface area contributed by atoms with E-state index >= 15 is 0 Å². The van der Waals surface area contributed by atoms with Gasteiger partial charge in [-0.1, -0.05) is 19.1 Å². The number of aromatic nitrogens is 3. The van der Waals surface area contributed by atoms with Crippen LogP contribution in [-0.2, 0) is 19.1 Å². The summed E-state index contributed by atoms with van der Waals surface area (Å²) in [7, 11) is 0. The Labute approximate surface area is 169 Å². The van der Waals surface area contributed by atoms with Gasteiger partial charge in [0, 0.05) is 18.0 Å². The van der Waals surface area contributed by atoms with Crippen LogP contribution in [0.5, 0.6) is 0 Å². The number of nitrogens with one attached hydrogen (secondary N) is 1. The number of hydrogen-bond donors (Lipinski definition) is 1. The molecule has 1 aromatic carbocycles. The van der Waals surface area contributed by atoms with Gasteiger partial charge in [0.05, 0.1) is 22.2 Å². The van der Waals surface area contributed by atoms with Gasteiger partial charge in [-0.05, 0) is 37.5 Å². The summed E-state index contributed by atoms with van der Waals surface area (Å²) in [6.07, 6.45) is -3.73. The number of imidazole rings is 1. The first-order valence-corrected chi connectivity index (χ1v) is 10.1. The molecule has 0 fully saturated rings. The molecule has 9 heteroatoms. The van der Waals surface area contributed by atoms with Crippen molar-refractivity contribution in [3.8, 4) is 6.07 Å². The highest BCUT2D eigenvalue weighted by Gasteiger charge is 2.38. The van der Waals surface area contributed by atoms with Gasteiger partial charge in [-0.2, -0.15) is 18.4 Å². The molecule has 0 aliphatic heterocycles. The van der Waals surface area contributed by atoms with Crippen LogP contribution in [0.15, 0.2) is 34.1 Å². The molecular formula is C20H19F3N4OS. The normalized spacial score (nSPS) is 11.7. The van der Waals surface area contributed by atoms with E-state index in [4.69, 9.17) is 0 Å². The van der Waals surface area contributed by atoms with E-state index in [-0.39, 0.29) is 16.3 Å². The lowest BCUT2D eigenvalue weighted by Crippen LogP contribution is -2.17. The number of fused-ring (bicyclic) bond motifs is 1. The lowest BCUT2D eigenvalue weighted by atomic mass is 10.0. The minimum absolute atomic E-state index is 0.00578. The standard InChI is InChI=1S/C20H19F3N4OS/c1-3-14-12(2)17(20(21,22)23)13(11-24)18(25-14)29-10-6-9-27-16-8-5-4-7-15(16)26-19(27)28/h4-5,7-8H,3,6,9-10H2,1-2H3,(H,26,28). The SMILES string of the molecule is CCc1nc(SCCCn2c(=O)[nH]c3ccccc32)c(C#N)c(C(F)(F)F)c1C. The van der Waals surface area contributed by atoms with E-state index in [9.17, 15) is 23.2 Å². The van der Waals surface area contributed by atoms with Crippen molar-refractivity contribution in [3.63, 3.8) is 0 Å². The third-order valence-corrected chi connectivity index (χ3v) is 5.75. The Morgan fingerprint density at radius 3 is 2.69 bits per heavy atom. The molecule has 0 spiro atoms. The Kier molecular flexibility index (Phi) is 6.03. The number of nitriles is 1. The molecule has 2 aromatic heterocycles. The van der Waals surface area contributed by atoms with Crippen molar-refractivity contribution >= 4 is 22.8 Å². The van der Waals surface area contributed by atoms with Crippen molar-refractivity contribution in [2.24, 2.45) is 0 Å². The lowest BCUT2D eigenvalue weighted by molar-refractivity contribution is -0.138. The van der Waals surface area contributed by atoms with Crippen LogP contribution in [0.4, 0.5) is 13.2 Å². The van der Waals surface area contributed by atoms with Crippen LogP contribution in [0.25, 0.3) is 11.0 Å². The number of halogens is 3. The number of para-hydroxylation sites is 2. The summed E-state index contributed by atoms with van der Waals surface area (Å²) in [5, 5.41) is 9.45. The minimum atomic E-state index is -4.62. The molecule has 0 aliphatic carbocycles. The van der Waals surface area contributed by atoms with Crippen LogP contribution in [0.1, 0.15) is 35.7 Å². The summed E-state index contributed by atoms with van der Waals surface area (Å²) in [5.41, 5.74) is 0.303. The van der Waals surface area contributed by atoms with Crippen LogP contribution in [0, 0.1) is 18.3 Å². The van der Waals surface area contributed by atoms with Crippen molar-refractivity contribution < 1.29 is 13.2 Å². The summed E-state index contributed by atoms with van der Waals surface area (Å²) in [6, 6.07) is 8.99. The Morgan fingerprint density at radius 1 is 1.31 bits per heavy atom. The zero-order chi connectivity index (χ0) is 21.2. The van der Waals surface area contributed by atoms with Gasteiger partial charge in [0.2, 0.25) is 0 Å². The molecule has 0 amide bonds. The molecule has 152 valence electrons. The summed E-state index contributed by atoms with van der Waals surface area (Å²) in [4.78, 5) is 19.2. The summed E-state index contributed by atoms with van der Waals surface area (Å²) < 4.78 is 42.2. The first kappa shape index (κ1) is 21.0. The second-order valence-electron chi connectivity index (χ2n) is 6.50. The molecule has 29 heavy (non-hydrogen) atoms. The monoisotopic (exact) mass is 420 g/mol. The van der Waals surface area contributed by atoms with Crippen molar-refractivity contribution in [1.29, 1.82) is 5.26 Å². The van der Waals surface area contributed by atoms with Gasteiger partial charge in [0.25, 0.3) is 0 Å². The predicted octanol–water partition coefficient (Wildman–Crippen LogP) is 4.67. The average molecular weight is 420 g/mol. The summed E-state index contributed by atoms with van der Waals surface area (Å²) in [6.45, 7) is 3.50. The lowest BCUT2D eigenvalue weighted by Gasteiger charge is -2.17. The molecule has 0 bridgehead atoms. The number of H-pyrrole nitrogens is 1. The van der Waals surface area contributed by atoms with Gasteiger partial charge >= 0.3 is 11.9 Å². The first-order chi connectivity index (χ1) is 13.8. The maximum Gasteiger partial charge on any atom is 0.418 e. The largest absolute Gasteiger partial charge is 0.418 e. The number of alkyl halides is 3. The van der Waals surface area contributed by atoms with Crippen LogP contribution in [0.3, 0.4) is 0 Å². The van der Waals surface area contributed by atoms with Crippen molar-refractivity contribution in [3.05, 3.63) is 57.1 Å². The Bertz CT molecular complexity index is 1140. The van der Waals surface area contributed by atoms with E-state index in [2.05, 4.69) is 9.97 Å². The predicted molar refractivity (Wildman–Crippen MR) is 106 cm³/mol. The van der Waals surface area contributed by atoms with Gasteiger partial charge in [-0.25, -0.2) is 9.78 Å². The molecule has 0 saturated heterocycles. The fourth-order valence-electron chi connectivity index (χ4n) is 3.33. The van der Waals surface area contributed by atoms with Crippen LogP contribution in [-0.4, -0.2) is 20.3 Å². The molecule has 0 atom stereocenters. The number of rotatable bonds is 6. The number of thioether (sulfide) groups is 1. The fourth-order valence-corrected chi connectivity index (χ4v) is 4.26. The zero-order valence-electron chi connectivity index (χ0n) is 15.9. The molecular weight excluding hydrogens is 401 g/mol. The number of pyridine rings is 1. The number of hydrogen-bond acceptors (Lipinski definition) is 4. The molecule has 0 radical (unpaired) electrons. The van der Waals surface area contributed by atoms with E-state index in [1.54, 1.807) is 17.6 Å². The highest BCUT2D eigenvalue weighted by atomic mass is 32.2. The van der Waals surface area contributed by atoms with E-state index < -0.39 is 17.3 Å². The quantitative estimate of drug-likeness (QED) is 0.465. The highest BCUT2D eigenvalue weighted by Crippen LogP contribution is 2.38. The third kappa shape index (κ3) is 4.17. The van der Waals surface area contributed by atoms with Crippen LogP contribution in [0.2, 0.25) is 0 Å². The van der Waals surface area contributed by atoms with Gasteiger partial charge in [-0.3, -0.25) is 4.57 Å². The molecule has 5 nitrogen and oxygen atoms in total. The first-order valence-electron chi connectivity index (χ1n) is 9.09. The topological polar surface area (TPSA) is 74.5 Å². The van der Waals surface area contributed by atoms with Gasteiger partial charge in [0.15, 0.2) is 0 Å². The van der Waals surface area contributed by atoms with E-state index in [1.165, 1.54) is 6.92 Å². The van der Waals surface area contributed by atoms with Gasteiger partial charge in [0.1, 0.15) is 11.1 Å². The van der Waals surface area contributed by atoms with Crippen LogP contribution < -0.4 is 5.69 Å². The summed E-state index contributed by atoms with van der Waals surface area (Å²) in [5.74, 6) is 0.428. The van der Waals surface area contributed by atoms with Gasteiger partial charge in [-0.15, -0.1) is 11.8 Å². The van der Waals surface area contributed by atoms with Crippen LogP contribution >= 0.6 is 11.8 Å². The summed E-state index contributed by atoms with van der Waals surface area (Å²) >= 11 is 1.11. The molecule has 3 aromatic rings. The minimum Gasteiger partial charge on any atom is -0.306 e. The Hall–Kier alpha value is -2.73. The highest BCUT2D eigenvalue weighted by molar-refractivity contribution is 7.99. The third-order valence-electron chi connectivity index (χ3n) is 4.68. The molecule has 3 rings (SSSR count). The maximum atomic E-state index is 13.5. The molecule has 0 unspecified atom stereocenters. The smallest absolute Gasteiger partial charge is 0.306 e. The Balaban J connectivity index is 1.81. The Morgan fingerprint density at radius 2 is 2.03 bits per heavy atom. The van der Waals surface area contributed by atoms with E-state index in [1.807, 2.05) is 24.3 Å². The van der Waals surface area contributed by atoms with Crippen molar-refractivity contribution in [2.45, 2.75) is 44.4 Å². The van der Waals surface area contributed by atoms with E-state index in [0.717, 1.165) is 22.8 Å². The average Bonchev–Trinajstić information content (AvgIpc) is 2.99. The number of benzene rings is 1. The van der Waals surface area contributed by atoms with Crippen molar-refractivity contribution in [2.75, 3.05) is 5.75 Å². The second-order valence-corrected chi connectivity index (χ2v) is 7.59. The maximum absolute atomic E-state index is 13.5. The molecule has 0 saturated carbocycles. The van der Waals surface area contributed by atoms with E-state index in [0.29, 0.717) is 30.8 Å². The van der Waals surface area contributed by atoms with Gasteiger partial charge < -0.3 is 4.98 Å². The number of nitrogens with zero attached hydrogens (tertiary/aromatic N) is 3. The number of aromatic amines is 1. The molecule has 1 N–H and O–H groups in total. The molecule has 2 heterocycles. The zero-order valence-corrected chi connectivity index (χ0v) is 16.7. The molecule has 0 aliphatic rings.